The number of hydrogen-bond donors (Lipinski definition) is 0. The van der Waals surface area contributed by atoms with Gasteiger partial charge in [0.25, 0.3) is 0 Å². The Balaban J connectivity index is 1.75. The molecule has 0 amide bonds. The molecule has 2 saturated heterocycles. The van der Waals surface area contributed by atoms with Crippen LogP contribution < -0.4 is 0 Å². The van der Waals surface area contributed by atoms with Gasteiger partial charge in [-0.1, -0.05) is 5.11 Å². The molecule has 2 fully saturated rings. The average Bonchev–Trinajstić information content (AvgIpc) is 2.64. The van der Waals surface area contributed by atoms with Crippen molar-refractivity contribution in [3.8, 4) is 0 Å². The van der Waals surface area contributed by atoms with E-state index in [0.29, 0.717) is 6.54 Å². The van der Waals surface area contributed by atoms with E-state index >= 15 is 0 Å². The molecule has 2 rings (SSSR count). The summed E-state index contributed by atoms with van der Waals surface area (Å²) in [7, 11) is 0. The molecule has 2 aliphatic rings. The Morgan fingerprint density at radius 2 is 2.08 bits per heavy atom. The maximum Gasteiger partial charge on any atom is 0.0510 e. The number of fused-ring (bicyclic) bond motifs is 1. The van der Waals surface area contributed by atoms with Crippen LogP contribution in [0.2, 0.25) is 0 Å². The number of likely N-dealkylation sites (tertiary alicyclic amines) is 1. The zero-order chi connectivity index (χ0) is 9.10. The van der Waals surface area contributed by atoms with Gasteiger partial charge in [-0.2, -0.15) is 0 Å². The first-order chi connectivity index (χ1) is 6.40. The molecule has 5 heteroatoms. The summed E-state index contributed by atoms with van der Waals surface area (Å²) in [5.74, 6) is 1.46. The van der Waals surface area contributed by atoms with Crippen molar-refractivity contribution in [3.63, 3.8) is 0 Å². The Morgan fingerprint density at radius 3 is 2.69 bits per heavy atom. The van der Waals surface area contributed by atoms with Crippen molar-refractivity contribution in [2.45, 2.75) is 0 Å². The van der Waals surface area contributed by atoms with E-state index < -0.39 is 0 Å². The van der Waals surface area contributed by atoms with Gasteiger partial charge in [0.05, 0.1) is 13.2 Å². The van der Waals surface area contributed by atoms with E-state index in [9.17, 15) is 0 Å². The third kappa shape index (κ3) is 1.94. The number of azide groups is 1. The van der Waals surface area contributed by atoms with Crippen LogP contribution in [-0.4, -0.2) is 44.3 Å². The second kappa shape index (κ2) is 3.96. The Labute approximate surface area is 77.3 Å². The molecule has 13 heavy (non-hydrogen) atoms. The average molecular weight is 182 g/mol. The summed E-state index contributed by atoms with van der Waals surface area (Å²) in [6, 6.07) is 0. The predicted molar refractivity (Wildman–Crippen MR) is 48.3 cm³/mol. The van der Waals surface area contributed by atoms with Gasteiger partial charge < -0.3 is 9.64 Å². The molecule has 0 N–H and O–H groups in total. The zero-order valence-corrected chi connectivity index (χ0v) is 7.59. The quantitative estimate of drug-likeness (QED) is 0.369. The van der Waals surface area contributed by atoms with Crippen molar-refractivity contribution in [2.24, 2.45) is 17.0 Å². The first kappa shape index (κ1) is 8.81. The van der Waals surface area contributed by atoms with E-state index in [0.717, 1.165) is 44.7 Å². The largest absolute Gasteiger partial charge is 0.381 e. The normalized spacial score (nSPS) is 32.9. The lowest BCUT2D eigenvalue weighted by Crippen LogP contribution is -2.25. The number of hydrogen-bond acceptors (Lipinski definition) is 3. The Bertz CT molecular complexity index is 214. The second-order valence-electron chi connectivity index (χ2n) is 3.77. The first-order valence-electron chi connectivity index (χ1n) is 4.71. The third-order valence-corrected chi connectivity index (χ3v) is 2.90. The molecule has 0 spiro atoms. The summed E-state index contributed by atoms with van der Waals surface area (Å²) in [5.41, 5.74) is 8.12. The fourth-order valence-corrected chi connectivity index (χ4v) is 2.20. The summed E-state index contributed by atoms with van der Waals surface area (Å²) in [4.78, 5) is 5.11. The smallest absolute Gasteiger partial charge is 0.0510 e. The van der Waals surface area contributed by atoms with Crippen molar-refractivity contribution in [1.82, 2.24) is 4.90 Å². The molecule has 2 aliphatic heterocycles. The van der Waals surface area contributed by atoms with Crippen molar-refractivity contribution >= 4 is 0 Å². The molecule has 2 unspecified atom stereocenters. The first-order valence-corrected chi connectivity index (χ1v) is 4.71. The second-order valence-corrected chi connectivity index (χ2v) is 3.77. The highest BCUT2D eigenvalue weighted by Gasteiger charge is 2.36. The zero-order valence-electron chi connectivity index (χ0n) is 7.59. The van der Waals surface area contributed by atoms with Crippen molar-refractivity contribution in [3.05, 3.63) is 10.4 Å². The molecular formula is C8H14N4O. The molecule has 2 atom stereocenters. The van der Waals surface area contributed by atoms with Gasteiger partial charge in [-0.25, -0.2) is 0 Å². The summed E-state index contributed by atoms with van der Waals surface area (Å²) in [6.45, 7) is 5.57. The molecule has 0 aliphatic carbocycles. The third-order valence-electron chi connectivity index (χ3n) is 2.90. The maximum absolute atomic E-state index is 8.12. The highest BCUT2D eigenvalue weighted by atomic mass is 16.5. The molecule has 72 valence electrons. The van der Waals surface area contributed by atoms with E-state index in [1.165, 1.54) is 0 Å². The summed E-state index contributed by atoms with van der Waals surface area (Å²) in [5, 5.41) is 3.54. The van der Waals surface area contributed by atoms with Gasteiger partial charge in [0.2, 0.25) is 0 Å². The van der Waals surface area contributed by atoms with Crippen LogP contribution in [0, 0.1) is 11.8 Å². The Morgan fingerprint density at radius 1 is 1.38 bits per heavy atom. The number of nitrogens with zero attached hydrogens (tertiary/aromatic N) is 4. The van der Waals surface area contributed by atoms with Crippen LogP contribution in [-0.2, 0) is 4.74 Å². The molecule has 5 nitrogen and oxygen atoms in total. The van der Waals surface area contributed by atoms with Crippen LogP contribution >= 0.6 is 0 Å². The Kier molecular flexibility index (Phi) is 2.68. The van der Waals surface area contributed by atoms with Crippen LogP contribution in [0.5, 0.6) is 0 Å². The summed E-state index contributed by atoms with van der Waals surface area (Å²) >= 11 is 0. The van der Waals surface area contributed by atoms with Crippen LogP contribution in [0.25, 0.3) is 10.4 Å². The lowest BCUT2D eigenvalue weighted by molar-refractivity contribution is 0.155. The lowest BCUT2D eigenvalue weighted by Gasteiger charge is -2.14. The van der Waals surface area contributed by atoms with Crippen molar-refractivity contribution in [2.75, 3.05) is 39.4 Å². The Hall–Kier alpha value is -0.770. The van der Waals surface area contributed by atoms with Gasteiger partial charge in [-0.15, -0.1) is 0 Å². The highest BCUT2D eigenvalue weighted by molar-refractivity contribution is 4.87. The van der Waals surface area contributed by atoms with Crippen LogP contribution in [0.3, 0.4) is 0 Å². The molecule has 0 saturated carbocycles. The summed E-state index contributed by atoms with van der Waals surface area (Å²) in [6.07, 6.45) is 0. The monoisotopic (exact) mass is 182 g/mol. The number of rotatable bonds is 3. The van der Waals surface area contributed by atoms with Crippen molar-refractivity contribution in [1.29, 1.82) is 0 Å². The topological polar surface area (TPSA) is 61.2 Å². The van der Waals surface area contributed by atoms with Gasteiger partial charge in [-0.05, 0) is 5.53 Å². The fourth-order valence-electron chi connectivity index (χ4n) is 2.20. The standard InChI is InChI=1S/C8H14N4O/c9-11-10-1-2-12-3-7-5-13-6-8(7)4-12/h7-8H,1-6H2. The highest BCUT2D eigenvalue weighted by Crippen LogP contribution is 2.28. The molecule has 2 heterocycles. The molecule has 0 aromatic heterocycles. The van der Waals surface area contributed by atoms with E-state index in [2.05, 4.69) is 14.9 Å². The minimum absolute atomic E-state index is 0.594. The van der Waals surface area contributed by atoms with Crippen LogP contribution in [0.4, 0.5) is 0 Å². The van der Waals surface area contributed by atoms with Gasteiger partial charge in [0.1, 0.15) is 0 Å². The van der Waals surface area contributed by atoms with Gasteiger partial charge in [-0.3, -0.25) is 0 Å². The summed E-state index contributed by atoms with van der Waals surface area (Å²) < 4.78 is 5.38. The van der Waals surface area contributed by atoms with E-state index in [1.54, 1.807) is 0 Å². The lowest BCUT2D eigenvalue weighted by atomic mass is 10.0. The molecule has 0 radical (unpaired) electrons. The van der Waals surface area contributed by atoms with Gasteiger partial charge >= 0.3 is 0 Å². The van der Waals surface area contributed by atoms with E-state index in [4.69, 9.17) is 10.3 Å². The molecule has 0 aromatic carbocycles. The minimum atomic E-state index is 0.594. The van der Waals surface area contributed by atoms with Gasteiger partial charge in [0.15, 0.2) is 0 Å². The maximum atomic E-state index is 8.12. The molecular weight excluding hydrogens is 168 g/mol. The fraction of sp³-hybridized carbons (Fsp3) is 1.00. The predicted octanol–water partition coefficient (Wildman–Crippen LogP) is 0.875. The minimum Gasteiger partial charge on any atom is -0.381 e. The van der Waals surface area contributed by atoms with E-state index in [1.807, 2.05) is 0 Å². The van der Waals surface area contributed by atoms with Gasteiger partial charge in [0, 0.05) is 42.9 Å². The SMILES string of the molecule is [N-]=[N+]=NCCN1CC2COCC2C1. The van der Waals surface area contributed by atoms with Crippen molar-refractivity contribution < 1.29 is 4.74 Å². The van der Waals surface area contributed by atoms with Crippen LogP contribution in [0.15, 0.2) is 5.11 Å². The molecule has 0 bridgehead atoms. The van der Waals surface area contributed by atoms with Crippen LogP contribution in [0.1, 0.15) is 0 Å². The van der Waals surface area contributed by atoms with E-state index in [-0.39, 0.29) is 0 Å². The number of ether oxygens (including phenoxy) is 1. The molecule has 0 aromatic rings.